The SMILES string of the molecule is Cc1cc(C)cc(NC(=O)CCCN(c2cc([N+](=O)[O-])ccc2C)S(C)(=O)=O)c1. The highest BCUT2D eigenvalue weighted by atomic mass is 32.2. The quantitative estimate of drug-likeness (QED) is 0.518. The van der Waals surface area contributed by atoms with Gasteiger partial charge in [0.15, 0.2) is 0 Å². The third-order valence-corrected chi connectivity index (χ3v) is 5.52. The molecule has 9 heteroatoms. The number of benzene rings is 2. The number of nitro groups is 1. The van der Waals surface area contributed by atoms with Crippen molar-refractivity contribution in [2.45, 2.75) is 33.6 Å². The molecule has 0 radical (unpaired) electrons. The van der Waals surface area contributed by atoms with Gasteiger partial charge in [-0.1, -0.05) is 12.1 Å². The van der Waals surface area contributed by atoms with Gasteiger partial charge < -0.3 is 5.32 Å². The summed E-state index contributed by atoms with van der Waals surface area (Å²) in [5.41, 5.74) is 3.42. The molecule has 156 valence electrons. The minimum Gasteiger partial charge on any atom is -0.326 e. The minimum absolute atomic E-state index is 0.0428. The molecule has 0 aromatic heterocycles. The maximum absolute atomic E-state index is 12.3. The third kappa shape index (κ3) is 6.28. The Kier molecular flexibility index (Phi) is 6.97. The summed E-state index contributed by atoms with van der Waals surface area (Å²) in [7, 11) is -3.67. The molecule has 0 unspecified atom stereocenters. The molecular formula is C20H25N3O5S. The predicted molar refractivity (Wildman–Crippen MR) is 114 cm³/mol. The number of nitro benzene ring substituents is 1. The number of anilines is 2. The van der Waals surface area contributed by atoms with Crippen LogP contribution in [0.3, 0.4) is 0 Å². The Balaban J connectivity index is 2.10. The van der Waals surface area contributed by atoms with E-state index in [4.69, 9.17) is 0 Å². The summed E-state index contributed by atoms with van der Waals surface area (Å²) in [4.78, 5) is 22.7. The van der Waals surface area contributed by atoms with Crippen molar-refractivity contribution in [3.8, 4) is 0 Å². The van der Waals surface area contributed by atoms with Gasteiger partial charge >= 0.3 is 0 Å². The second-order valence-corrected chi connectivity index (χ2v) is 9.00. The van der Waals surface area contributed by atoms with E-state index in [0.717, 1.165) is 21.7 Å². The van der Waals surface area contributed by atoms with Crippen LogP contribution in [0, 0.1) is 30.9 Å². The molecule has 8 nitrogen and oxygen atoms in total. The van der Waals surface area contributed by atoms with E-state index in [2.05, 4.69) is 5.32 Å². The van der Waals surface area contributed by atoms with E-state index in [0.29, 0.717) is 11.3 Å². The van der Waals surface area contributed by atoms with E-state index in [1.54, 1.807) is 6.92 Å². The lowest BCUT2D eigenvalue weighted by Gasteiger charge is -2.24. The number of hydrogen-bond acceptors (Lipinski definition) is 5. The van der Waals surface area contributed by atoms with Gasteiger partial charge in [-0.15, -0.1) is 0 Å². The van der Waals surface area contributed by atoms with Gasteiger partial charge in [0.1, 0.15) is 0 Å². The largest absolute Gasteiger partial charge is 0.326 e. The number of carbonyl (C=O) groups is 1. The Morgan fingerprint density at radius 1 is 1.10 bits per heavy atom. The van der Waals surface area contributed by atoms with Gasteiger partial charge in [-0.2, -0.15) is 0 Å². The highest BCUT2D eigenvalue weighted by molar-refractivity contribution is 7.92. The van der Waals surface area contributed by atoms with E-state index in [9.17, 15) is 23.3 Å². The van der Waals surface area contributed by atoms with Crippen LogP contribution in [0.4, 0.5) is 17.1 Å². The Labute approximate surface area is 170 Å². The molecule has 0 aliphatic rings. The second kappa shape index (κ2) is 9.04. The molecule has 29 heavy (non-hydrogen) atoms. The predicted octanol–water partition coefficient (Wildman–Crippen LogP) is 3.70. The fourth-order valence-electron chi connectivity index (χ4n) is 3.10. The van der Waals surface area contributed by atoms with Crippen LogP contribution in [0.5, 0.6) is 0 Å². The van der Waals surface area contributed by atoms with Crippen LogP contribution in [0.2, 0.25) is 0 Å². The number of sulfonamides is 1. The molecule has 0 bridgehead atoms. The zero-order valence-electron chi connectivity index (χ0n) is 16.9. The molecule has 2 rings (SSSR count). The summed E-state index contributed by atoms with van der Waals surface area (Å²) < 4.78 is 25.6. The molecule has 0 aliphatic heterocycles. The van der Waals surface area contributed by atoms with Gasteiger partial charge in [0.2, 0.25) is 15.9 Å². The first-order valence-electron chi connectivity index (χ1n) is 9.08. The summed E-state index contributed by atoms with van der Waals surface area (Å²) >= 11 is 0. The number of amides is 1. The Hall–Kier alpha value is -2.94. The average molecular weight is 420 g/mol. The lowest BCUT2D eigenvalue weighted by Crippen LogP contribution is -2.32. The highest BCUT2D eigenvalue weighted by Crippen LogP contribution is 2.27. The van der Waals surface area contributed by atoms with E-state index < -0.39 is 14.9 Å². The van der Waals surface area contributed by atoms with E-state index in [-0.39, 0.29) is 36.7 Å². The second-order valence-electron chi connectivity index (χ2n) is 7.09. The van der Waals surface area contributed by atoms with Crippen molar-refractivity contribution in [1.29, 1.82) is 0 Å². The van der Waals surface area contributed by atoms with Crippen molar-refractivity contribution in [2.24, 2.45) is 0 Å². The normalized spacial score (nSPS) is 11.2. The van der Waals surface area contributed by atoms with Crippen molar-refractivity contribution in [1.82, 2.24) is 0 Å². The molecule has 0 spiro atoms. The molecule has 0 atom stereocenters. The van der Waals surface area contributed by atoms with E-state index >= 15 is 0 Å². The van der Waals surface area contributed by atoms with Crippen LogP contribution in [-0.4, -0.2) is 32.0 Å². The standard InChI is InChI=1S/C20H25N3O5S/c1-14-10-15(2)12-17(11-14)21-20(24)6-5-9-22(29(4,27)28)19-13-18(23(25)26)8-7-16(19)3/h7-8,10-13H,5-6,9H2,1-4H3,(H,21,24). The monoisotopic (exact) mass is 419 g/mol. The first-order chi connectivity index (χ1) is 13.5. The highest BCUT2D eigenvalue weighted by Gasteiger charge is 2.22. The number of rotatable bonds is 8. The van der Waals surface area contributed by atoms with Crippen LogP contribution in [0.15, 0.2) is 36.4 Å². The molecule has 0 saturated carbocycles. The molecule has 0 fully saturated rings. The van der Waals surface area contributed by atoms with Gasteiger partial charge in [0.25, 0.3) is 5.69 Å². The number of hydrogen-bond donors (Lipinski definition) is 1. The van der Waals surface area contributed by atoms with Gasteiger partial charge in [0, 0.05) is 30.8 Å². The maximum Gasteiger partial charge on any atom is 0.271 e. The van der Waals surface area contributed by atoms with Gasteiger partial charge in [0.05, 0.1) is 16.9 Å². The van der Waals surface area contributed by atoms with Crippen molar-refractivity contribution in [3.63, 3.8) is 0 Å². The van der Waals surface area contributed by atoms with Crippen molar-refractivity contribution in [3.05, 3.63) is 63.2 Å². The summed E-state index contributed by atoms with van der Waals surface area (Å²) in [6, 6.07) is 9.81. The number of aryl methyl sites for hydroxylation is 3. The number of carbonyl (C=O) groups excluding carboxylic acids is 1. The van der Waals surface area contributed by atoms with Gasteiger partial charge in [-0.25, -0.2) is 8.42 Å². The first-order valence-corrected chi connectivity index (χ1v) is 10.9. The van der Waals surface area contributed by atoms with E-state index in [1.807, 2.05) is 32.0 Å². The average Bonchev–Trinajstić information content (AvgIpc) is 2.57. The smallest absolute Gasteiger partial charge is 0.271 e. The van der Waals surface area contributed by atoms with Crippen LogP contribution < -0.4 is 9.62 Å². The lowest BCUT2D eigenvalue weighted by molar-refractivity contribution is -0.384. The molecule has 1 N–H and O–H groups in total. The van der Waals surface area contributed by atoms with Crippen LogP contribution >= 0.6 is 0 Å². The van der Waals surface area contributed by atoms with Crippen LogP contribution in [-0.2, 0) is 14.8 Å². The van der Waals surface area contributed by atoms with Crippen molar-refractivity contribution < 1.29 is 18.1 Å². The topological polar surface area (TPSA) is 110 Å². The summed E-state index contributed by atoms with van der Waals surface area (Å²) in [6.07, 6.45) is 1.43. The summed E-state index contributed by atoms with van der Waals surface area (Å²) in [5, 5.41) is 13.9. The van der Waals surface area contributed by atoms with Gasteiger partial charge in [-0.3, -0.25) is 19.2 Å². The molecule has 2 aromatic carbocycles. The third-order valence-electron chi connectivity index (χ3n) is 4.34. The Morgan fingerprint density at radius 3 is 2.28 bits per heavy atom. The fourth-order valence-corrected chi connectivity index (χ4v) is 4.11. The van der Waals surface area contributed by atoms with Crippen molar-refractivity contribution >= 4 is 33.0 Å². The maximum atomic E-state index is 12.3. The molecule has 2 aromatic rings. The van der Waals surface area contributed by atoms with E-state index in [1.165, 1.54) is 18.2 Å². The van der Waals surface area contributed by atoms with Crippen LogP contribution in [0.1, 0.15) is 29.5 Å². The minimum atomic E-state index is -3.67. The number of non-ortho nitro benzene ring substituents is 1. The molecular weight excluding hydrogens is 394 g/mol. The zero-order valence-corrected chi connectivity index (χ0v) is 17.7. The molecule has 0 saturated heterocycles. The Bertz CT molecular complexity index is 1010. The lowest BCUT2D eigenvalue weighted by atomic mass is 10.1. The number of nitrogens with one attached hydrogen (secondary N) is 1. The van der Waals surface area contributed by atoms with Crippen LogP contribution in [0.25, 0.3) is 0 Å². The molecule has 0 heterocycles. The zero-order chi connectivity index (χ0) is 21.8. The Morgan fingerprint density at radius 2 is 1.72 bits per heavy atom. The van der Waals surface area contributed by atoms with Gasteiger partial charge in [-0.05, 0) is 56.0 Å². The molecule has 1 amide bonds. The molecule has 0 aliphatic carbocycles. The fraction of sp³-hybridized carbons (Fsp3) is 0.350. The first kappa shape index (κ1) is 22.4. The summed E-state index contributed by atoms with van der Waals surface area (Å²) in [6.45, 7) is 5.60. The summed E-state index contributed by atoms with van der Waals surface area (Å²) in [5.74, 6) is -0.223. The van der Waals surface area contributed by atoms with Crippen molar-refractivity contribution in [2.75, 3.05) is 22.4 Å². The number of nitrogens with zero attached hydrogens (tertiary/aromatic N) is 2.